The van der Waals surface area contributed by atoms with E-state index in [0.717, 1.165) is 16.5 Å². The van der Waals surface area contributed by atoms with E-state index in [1.165, 1.54) is 0 Å². The highest BCUT2D eigenvalue weighted by molar-refractivity contribution is 9.10. The Morgan fingerprint density at radius 1 is 1.19 bits per heavy atom. The van der Waals surface area contributed by atoms with Crippen LogP contribution in [0.1, 0.15) is 29.3 Å². The molecule has 2 aromatic rings. The molecule has 26 heavy (non-hydrogen) atoms. The Morgan fingerprint density at radius 2 is 2.00 bits per heavy atom. The van der Waals surface area contributed by atoms with Crippen LogP contribution in [0.15, 0.2) is 46.9 Å². The number of hydrogen-bond donors (Lipinski definition) is 2. The van der Waals surface area contributed by atoms with Crippen molar-refractivity contribution in [2.24, 2.45) is 0 Å². The van der Waals surface area contributed by atoms with Crippen molar-refractivity contribution in [3.8, 4) is 11.5 Å². The van der Waals surface area contributed by atoms with Gasteiger partial charge >= 0.3 is 0 Å². The SMILES string of the molecule is CCCOc1ccc(CNC(=S)NC(=O)c2cccc(Br)c2)cc1OC. The van der Waals surface area contributed by atoms with Gasteiger partial charge in [0.2, 0.25) is 0 Å². The van der Waals surface area contributed by atoms with E-state index in [1.807, 2.05) is 31.2 Å². The molecule has 0 fully saturated rings. The Balaban J connectivity index is 1.91. The summed E-state index contributed by atoms with van der Waals surface area (Å²) in [7, 11) is 1.61. The summed E-state index contributed by atoms with van der Waals surface area (Å²) in [5, 5.41) is 5.95. The highest BCUT2D eigenvalue weighted by Crippen LogP contribution is 2.28. The first kappa shape index (κ1) is 20.2. The third-order valence-electron chi connectivity index (χ3n) is 3.46. The van der Waals surface area contributed by atoms with Crippen LogP contribution in [0.25, 0.3) is 0 Å². The second kappa shape index (κ2) is 10.1. The monoisotopic (exact) mass is 436 g/mol. The van der Waals surface area contributed by atoms with E-state index in [4.69, 9.17) is 21.7 Å². The van der Waals surface area contributed by atoms with E-state index in [0.29, 0.717) is 30.2 Å². The fraction of sp³-hybridized carbons (Fsp3) is 0.263. The number of rotatable bonds is 7. The van der Waals surface area contributed by atoms with Crippen molar-refractivity contribution in [1.82, 2.24) is 10.6 Å². The predicted octanol–water partition coefficient (Wildman–Crippen LogP) is 4.05. The number of ether oxygens (including phenoxy) is 2. The fourth-order valence-electron chi connectivity index (χ4n) is 2.18. The number of hydrogen-bond acceptors (Lipinski definition) is 4. The standard InChI is InChI=1S/C19H21BrN2O3S/c1-3-9-25-16-8-7-13(10-17(16)24-2)12-21-19(26)22-18(23)14-5-4-6-15(20)11-14/h4-8,10-11H,3,9,12H2,1-2H3,(H2,21,22,23,26). The summed E-state index contributed by atoms with van der Waals surface area (Å²) in [6.45, 7) is 3.15. The molecule has 0 atom stereocenters. The molecule has 0 aliphatic heterocycles. The minimum atomic E-state index is -0.260. The van der Waals surface area contributed by atoms with E-state index < -0.39 is 0 Å². The number of carbonyl (C=O) groups is 1. The molecule has 0 unspecified atom stereocenters. The van der Waals surface area contributed by atoms with Gasteiger partial charge in [0.15, 0.2) is 16.6 Å². The van der Waals surface area contributed by atoms with E-state index in [2.05, 4.69) is 26.6 Å². The smallest absolute Gasteiger partial charge is 0.257 e. The molecule has 2 rings (SSSR count). The second-order valence-electron chi connectivity index (χ2n) is 5.48. The summed E-state index contributed by atoms with van der Waals surface area (Å²) in [5.41, 5.74) is 1.49. The molecule has 2 aromatic carbocycles. The van der Waals surface area contributed by atoms with Crippen LogP contribution in [0.4, 0.5) is 0 Å². The molecule has 0 aromatic heterocycles. The Hall–Kier alpha value is -2.12. The number of amides is 1. The van der Waals surface area contributed by atoms with Gasteiger partial charge in [-0.25, -0.2) is 0 Å². The van der Waals surface area contributed by atoms with Crippen LogP contribution in [-0.2, 0) is 6.54 Å². The van der Waals surface area contributed by atoms with Crippen molar-refractivity contribution < 1.29 is 14.3 Å². The summed E-state index contributed by atoms with van der Waals surface area (Å²) < 4.78 is 11.8. The van der Waals surface area contributed by atoms with Crippen LogP contribution < -0.4 is 20.1 Å². The number of thiocarbonyl (C=S) groups is 1. The minimum absolute atomic E-state index is 0.260. The van der Waals surface area contributed by atoms with Crippen molar-refractivity contribution in [2.75, 3.05) is 13.7 Å². The zero-order valence-corrected chi connectivity index (χ0v) is 17.1. The van der Waals surface area contributed by atoms with E-state index in [-0.39, 0.29) is 11.0 Å². The molecular weight excluding hydrogens is 416 g/mol. The van der Waals surface area contributed by atoms with Crippen LogP contribution >= 0.6 is 28.1 Å². The molecule has 138 valence electrons. The molecule has 0 heterocycles. The lowest BCUT2D eigenvalue weighted by Gasteiger charge is -2.13. The van der Waals surface area contributed by atoms with Gasteiger partial charge in [-0.05, 0) is 54.5 Å². The molecular formula is C19H21BrN2O3S. The lowest BCUT2D eigenvalue weighted by atomic mass is 10.2. The molecule has 0 saturated carbocycles. The molecule has 0 saturated heterocycles. The fourth-order valence-corrected chi connectivity index (χ4v) is 2.75. The highest BCUT2D eigenvalue weighted by atomic mass is 79.9. The summed E-state index contributed by atoms with van der Waals surface area (Å²) in [6, 6.07) is 12.8. The van der Waals surface area contributed by atoms with Crippen molar-refractivity contribution in [2.45, 2.75) is 19.9 Å². The van der Waals surface area contributed by atoms with E-state index in [9.17, 15) is 4.79 Å². The molecule has 2 N–H and O–H groups in total. The lowest BCUT2D eigenvalue weighted by Crippen LogP contribution is -2.38. The number of halogens is 1. The summed E-state index contributed by atoms with van der Waals surface area (Å²) in [6.07, 6.45) is 0.929. The van der Waals surface area contributed by atoms with Gasteiger partial charge in [0, 0.05) is 16.6 Å². The maximum absolute atomic E-state index is 12.2. The van der Waals surface area contributed by atoms with Crippen molar-refractivity contribution in [3.05, 3.63) is 58.1 Å². The third kappa shape index (κ3) is 6.00. The Labute approximate surface area is 167 Å². The van der Waals surface area contributed by atoms with Crippen LogP contribution in [-0.4, -0.2) is 24.7 Å². The molecule has 0 spiro atoms. The first-order valence-electron chi connectivity index (χ1n) is 8.18. The van der Waals surface area contributed by atoms with Gasteiger partial charge in [0.05, 0.1) is 13.7 Å². The van der Waals surface area contributed by atoms with Crippen molar-refractivity contribution in [1.29, 1.82) is 0 Å². The number of methoxy groups -OCH3 is 1. The normalized spacial score (nSPS) is 10.1. The third-order valence-corrected chi connectivity index (χ3v) is 4.20. The van der Waals surface area contributed by atoms with Gasteiger partial charge in [-0.15, -0.1) is 0 Å². The number of nitrogens with one attached hydrogen (secondary N) is 2. The number of benzene rings is 2. The largest absolute Gasteiger partial charge is 0.493 e. The van der Waals surface area contributed by atoms with Crippen LogP contribution in [0.3, 0.4) is 0 Å². The van der Waals surface area contributed by atoms with E-state index in [1.54, 1.807) is 25.3 Å². The molecule has 5 nitrogen and oxygen atoms in total. The predicted molar refractivity (Wildman–Crippen MR) is 110 cm³/mol. The summed E-state index contributed by atoms with van der Waals surface area (Å²) in [5.74, 6) is 1.12. The van der Waals surface area contributed by atoms with Gasteiger partial charge in [-0.2, -0.15) is 0 Å². The highest BCUT2D eigenvalue weighted by Gasteiger charge is 2.09. The molecule has 0 aliphatic carbocycles. The summed E-state index contributed by atoms with van der Waals surface area (Å²) in [4.78, 5) is 12.2. The molecule has 1 amide bonds. The zero-order valence-electron chi connectivity index (χ0n) is 14.7. The average molecular weight is 437 g/mol. The first-order chi connectivity index (χ1) is 12.5. The Morgan fingerprint density at radius 3 is 2.69 bits per heavy atom. The minimum Gasteiger partial charge on any atom is -0.493 e. The van der Waals surface area contributed by atoms with Crippen molar-refractivity contribution >= 4 is 39.2 Å². The van der Waals surface area contributed by atoms with Gasteiger partial charge < -0.3 is 14.8 Å². The molecule has 0 aliphatic rings. The first-order valence-corrected chi connectivity index (χ1v) is 9.38. The quantitative estimate of drug-likeness (QED) is 0.641. The lowest BCUT2D eigenvalue weighted by molar-refractivity contribution is 0.0976. The van der Waals surface area contributed by atoms with Gasteiger partial charge in [0.25, 0.3) is 5.91 Å². The van der Waals surface area contributed by atoms with Crippen molar-refractivity contribution in [3.63, 3.8) is 0 Å². The van der Waals surface area contributed by atoms with Gasteiger partial charge in [-0.1, -0.05) is 35.0 Å². The average Bonchev–Trinajstić information content (AvgIpc) is 2.64. The Kier molecular flexibility index (Phi) is 7.87. The maximum atomic E-state index is 12.2. The van der Waals surface area contributed by atoms with Crippen LogP contribution in [0.2, 0.25) is 0 Å². The van der Waals surface area contributed by atoms with Gasteiger partial charge in [-0.3, -0.25) is 10.1 Å². The molecule has 0 radical (unpaired) electrons. The topological polar surface area (TPSA) is 59.6 Å². The zero-order chi connectivity index (χ0) is 18.9. The molecule has 7 heteroatoms. The summed E-state index contributed by atoms with van der Waals surface area (Å²) >= 11 is 8.54. The maximum Gasteiger partial charge on any atom is 0.257 e. The van der Waals surface area contributed by atoms with Crippen LogP contribution in [0.5, 0.6) is 11.5 Å². The van der Waals surface area contributed by atoms with Gasteiger partial charge in [0.1, 0.15) is 0 Å². The second-order valence-corrected chi connectivity index (χ2v) is 6.80. The molecule has 0 bridgehead atoms. The Bertz CT molecular complexity index is 783. The van der Waals surface area contributed by atoms with E-state index >= 15 is 0 Å². The number of carbonyl (C=O) groups excluding carboxylic acids is 1. The van der Waals surface area contributed by atoms with Crippen LogP contribution in [0, 0.1) is 0 Å².